The summed E-state index contributed by atoms with van der Waals surface area (Å²) in [4.78, 5) is 45.0. The molecule has 1 aromatic heterocycles. The minimum absolute atomic E-state index is 0.214. The van der Waals surface area contributed by atoms with E-state index in [0.29, 0.717) is 36.8 Å². The molecule has 1 aliphatic rings. The van der Waals surface area contributed by atoms with Crippen molar-refractivity contribution in [2.75, 3.05) is 39.5 Å². The predicted octanol–water partition coefficient (Wildman–Crippen LogP) is 2.73. The predicted molar refractivity (Wildman–Crippen MR) is 146 cm³/mol. The SMILES string of the molecule is Cc1cc(C(N)=O)c(Nc2cccc(CCNC(=O)[C@H](C)N(C)C(=O)/C=C/CN(C)C)c2)nc1C1CC1. The number of pyridine rings is 1. The number of hydrogen-bond donors (Lipinski definition) is 3. The largest absolute Gasteiger partial charge is 0.365 e. The van der Waals surface area contributed by atoms with Crippen molar-refractivity contribution in [1.29, 1.82) is 0 Å². The zero-order valence-electron chi connectivity index (χ0n) is 22.4. The van der Waals surface area contributed by atoms with Gasteiger partial charge in [0, 0.05) is 43.5 Å². The summed E-state index contributed by atoms with van der Waals surface area (Å²) in [5.74, 6) is -0.0400. The van der Waals surface area contributed by atoms with Crippen LogP contribution in [0.3, 0.4) is 0 Å². The Morgan fingerprint density at radius 3 is 2.57 bits per heavy atom. The van der Waals surface area contributed by atoms with Gasteiger partial charge in [0.25, 0.3) is 5.91 Å². The second-order valence-electron chi connectivity index (χ2n) is 9.88. The van der Waals surface area contributed by atoms with Crippen LogP contribution in [0.1, 0.15) is 52.9 Å². The number of primary amides is 1. The van der Waals surface area contributed by atoms with E-state index in [2.05, 4.69) is 10.6 Å². The van der Waals surface area contributed by atoms with Crippen molar-refractivity contribution in [3.63, 3.8) is 0 Å². The lowest BCUT2D eigenvalue weighted by molar-refractivity contribution is -0.135. The maximum Gasteiger partial charge on any atom is 0.252 e. The number of nitrogens with zero attached hydrogens (tertiary/aromatic N) is 3. The van der Waals surface area contributed by atoms with Crippen LogP contribution in [0.5, 0.6) is 0 Å². The van der Waals surface area contributed by atoms with Gasteiger partial charge in [-0.25, -0.2) is 4.98 Å². The standard InChI is InChI=1S/C28H38N6O3/c1-18-16-23(26(29)36)27(32-25(18)21-11-12-21)31-22-9-6-8-20(17-22)13-14-30-28(37)19(2)34(5)24(35)10-7-15-33(3)4/h6-10,16-17,19,21H,11-15H2,1-5H3,(H2,29,36)(H,30,37)(H,31,32)/b10-7+/t19-/m0/s1. The summed E-state index contributed by atoms with van der Waals surface area (Å²) in [5, 5.41) is 6.17. The van der Waals surface area contributed by atoms with E-state index in [1.807, 2.05) is 56.3 Å². The fourth-order valence-corrected chi connectivity index (χ4v) is 3.95. The van der Waals surface area contributed by atoms with Crippen molar-refractivity contribution >= 4 is 29.2 Å². The molecule has 1 fully saturated rings. The number of hydrogen-bond acceptors (Lipinski definition) is 6. The molecule has 1 heterocycles. The molecule has 4 N–H and O–H groups in total. The van der Waals surface area contributed by atoms with Gasteiger partial charge in [0.15, 0.2) is 0 Å². The van der Waals surface area contributed by atoms with Crippen LogP contribution >= 0.6 is 0 Å². The number of amides is 3. The summed E-state index contributed by atoms with van der Waals surface area (Å²) < 4.78 is 0. The molecule has 1 saturated carbocycles. The highest BCUT2D eigenvalue weighted by atomic mass is 16.2. The Bertz CT molecular complexity index is 1170. The summed E-state index contributed by atoms with van der Waals surface area (Å²) >= 11 is 0. The van der Waals surface area contributed by atoms with Crippen LogP contribution in [0.25, 0.3) is 0 Å². The monoisotopic (exact) mass is 506 g/mol. The van der Waals surface area contributed by atoms with Gasteiger partial charge in [-0.1, -0.05) is 18.2 Å². The lowest BCUT2D eigenvalue weighted by atomic mass is 10.1. The number of aryl methyl sites for hydroxylation is 1. The number of likely N-dealkylation sites (N-methyl/N-ethyl adjacent to an activating group) is 2. The van der Waals surface area contributed by atoms with Crippen LogP contribution in [0.4, 0.5) is 11.5 Å². The second kappa shape index (κ2) is 12.5. The maximum absolute atomic E-state index is 12.6. The maximum atomic E-state index is 12.6. The van der Waals surface area contributed by atoms with Crippen LogP contribution in [-0.2, 0) is 16.0 Å². The summed E-state index contributed by atoms with van der Waals surface area (Å²) in [7, 11) is 5.46. The topological polar surface area (TPSA) is 121 Å². The Morgan fingerprint density at radius 1 is 1.19 bits per heavy atom. The van der Waals surface area contributed by atoms with Crippen molar-refractivity contribution in [3.05, 3.63) is 64.9 Å². The smallest absolute Gasteiger partial charge is 0.252 e. The molecule has 0 aliphatic heterocycles. The van der Waals surface area contributed by atoms with Gasteiger partial charge in [0.1, 0.15) is 11.9 Å². The van der Waals surface area contributed by atoms with Gasteiger partial charge < -0.3 is 26.2 Å². The van der Waals surface area contributed by atoms with E-state index >= 15 is 0 Å². The average Bonchev–Trinajstić information content (AvgIpc) is 3.69. The van der Waals surface area contributed by atoms with Crippen LogP contribution in [0.2, 0.25) is 0 Å². The van der Waals surface area contributed by atoms with Gasteiger partial charge in [0.05, 0.1) is 5.56 Å². The number of nitrogens with two attached hydrogens (primary N) is 1. The van der Waals surface area contributed by atoms with Gasteiger partial charge in [-0.05, 0) is 76.5 Å². The molecular formula is C28H38N6O3. The van der Waals surface area contributed by atoms with Crippen molar-refractivity contribution < 1.29 is 14.4 Å². The second-order valence-corrected chi connectivity index (χ2v) is 9.88. The van der Waals surface area contributed by atoms with Crippen molar-refractivity contribution in [1.82, 2.24) is 20.1 Å². The van der Waals surface area contributed by atoms with E-state index in [0.717, 1.165) is 35.3 Å². The molecule has 1 aliphatic carbocycles. The molecule has 1 atom stereocenters. The molecule has 198 valence electrons. The quantitative estimate of drug-likeness (QED) is 0.381. The number of carbonyl (C=O) groups is 3. The number of benzene rings is 1. The summed E-state index contributed by atoms with van der Waals surface area (Å²) in [6, 6.07) is 8.96. The third-order valence-corrected chi connectivity index (χ3v) is 6.42. The summed E-state index contributed by atoms with van der Waals surface area (Å²) in [6.07, 6.45) is 6.09. The van der Waals surface area contributed by atoms with Gasteiger partial charge in [-0.15, -0.1) is 0 Å². The summed E-state index contributed by atoms with van der Waals surface area (Å²) in [5.41, 5.74) is 9.76. The molecular weight excluding hydrogens is 468 g/mol. The van der Waals surface area contributed by atoms with Crippen LogP contribution in [0, 0.1) is 6.92 Å². The third kappa shape index (κ3) is 7.88. The van der Waals surface area contributed by atoms with E-state index in [9.17, 15) is 14.4 Å². The van der Waals surface area contributed by atoms with Gasteiger partial charge in [0.2, 0.25) is 11.8 Å². The number of aromatic nitrogens is 1. The summed E-state index contributed by atoms with van der Waals surface area (Å²) in [6.45, 7) is 4.74. The number of anilines is 2. The Morgan fingerprint density at radius 2 is 1.92 bits per heavy atom. The minimum atomic E-state index is -0.593. The van der Waals surface area contributed by atoms with E-state index in [1.165, 1.54) is 11.0 Å². The van der Waals surface area contributed by atoms with Crippen LogP contribution < -0.4 is 16.4 Å². The first-order valence-electron chi connectivity index (χ1n) is 12.6. The van der Waals surface area contributed by atoms with E-state index in [4.69, 9.17) is 10.7 Å². The minimum Gasteiger partial charge on any atom is -0.365 e. The molecule has 0 spiro atoms. The van der Waals surface area contributed by atoms with Crippen molar-refractivity contribution in [3.8, 4) is 0 Å². The first-order valence-corrected chi connectivity index (χ1v) is 12.6. The highest BCUT2D eigenvalue weighted by Crippen LogP contribution is 2.41. The lowest BCUT2D eigenvalue weighted by Crippen LogP contribution is -2.45. The zero-order chi connectivity index (χ0) is 27.1. The van der Waals surface area contributed by atoms with Crippen LogP contribution in [0.15, 0.2) is 42.5 Å². The Kier molecular flexibility index (Phi) is 9.41. The van der Waals surface area contributed by atoms with Gasteiger partial charge >= 0.3 is 0 Å². The molecule has 1 aromatic carbocycles. The zero-order valence-corrected chi connectivity index (χ0v) is 22.4. The normalized spacial score (nSPS) is 14.0. The van der Waals surface area contributed by atoms with Crippen molar-refractivity contribution in [2.24, 2.45) is 5.73 Å². The first kappa shape index (κ1) is 27.9. The van der Waals surface area contributed by atoms with Gasteiger partial charge in [-0.3, -0.25) is 14.4 Å². The third-order valence-electron chi connectivity index (χ3n) is 6.42. The Labute approximate surface area is 219 Å². The molecule has 3 amide bonds. The molecule has 2 aromatic rings. The van der Waals surface area contributed by atoms with E-state index in [-0.39, 0.29) is 11.8 Å². The molecule has 37 heavy (non-hydrogen) atoms. The molecule has 0 radical (unpaired) electrons. The average molecular weight is 507 g/mol. The van der Waals surface area contributed by atoms with E-state index < -0.39 is 11.9 Å². The van der Waals surface area contributed by atoms with E-state index in [1.54, 1.807) is 20.0 Å². The van der Waals surface area contributed by atoms with Gasteiger partial charge in [-0.2, -0.15) is 0 Å². The van der Waals surface area contributed by atoms with Crippen molar-refractivity contribution in [2.45, 2.75) is 45.1 Å². The molecule has 0 saturated heterocycles. The highest BCUT2D eigenvalue weighted by Gasteiger charge is 2.28. The molecule has 9 nitrogen and oxygen atoms in total. The lowest BCUT2D eigenvalue weighted by Gasteiger charge is -2.23. The molecule has 3 rings (SSSR count). The number of carbonyl (C=O) groups excluding carboxylic acids is 3. The number of rotatable bonds is 12. The highest BCUT2D eigenvalue weighted by molar-refractivity contribution is 5.98. The number of nitrogens with one attached hydrogen (secondary N) is 2. The van der Waals surface area contributed by atoms with Crippen LogP contribution in [-0.4, -0.2) is 72.8 Å². The fraction of sp³-hybridized carbons (Fsp3) is 0.429. The Hall–Kier alpha value is -3.72. The molecule has 0 bridgehead atoms. The fourth-order valence-electron chi connectivity index (χ4n) is 3.95. The Balaban J connectivity index is 1.58. The first-order chi connectivity index (χ1) is 17.6. The molecule has 0 unspecified atom stereocenters. The molecule has 9 heteroatoms.